The molecule has 0 bridgehead atoms. The molecule has 0 aliphatic carbocycles. The average molecular weight is 306 g/mol. The second-order valence-electron chi connectivity index (χ2n) is 4.04. The maximum atomic E-state index is 11.3. The van der Waals surface area contributed by atoms with E-state index in [4.69, 9.17) is 5.14 Å². The van der Waals surface area contributed by atoms with Gasteiger partial charge in [-0.15, -0.1) is 0 Å². The highest BCUT2D eigenvalue weighted by Crippen LogP contribution is 2.08. The molecular weight excluding hydrogens is 292 g/mol. The molecule has 7 nitrogen and oxygen atoms in total. The summed E-state index contributed by atoms with van der Waals surface area (Å²) in [6.07, 6.45) is 0.966. The van der Waals surface area contributed by atoms with E-state index in [0.717, 1.165) is 6.26 Å². The fourth-order valence-electron chi connectivity index (χ4n) is 1.29. The van der Waals surface area contributed by atoms with Crippen LogP contribution in [0, 0.1) is 0 Å². The van der Waals surface area contributed by atoms with Gasteiger partial charge in [0.15, 0.2) is 9.84 Å². The fourth-order valence-corrected chi connectivity index (χ4v) is 2.38. The Morgan fingerprint density at radius 3 is 2.11 bits per heavy atom. The van der Waals surface area contributed by atoms with Gasteiger partial charge >= 0.3 is 0 Å². The van der Waals surface area contributed by atoms with Crippen LogP contribution in [0.5, 0.6) is 0 Å². The Morgan fingerprint density at radius 2 is 1.68 bits per heavy atom. The van der Waals surface area contributed by atoms with Gasteiger partial charge in [-0.3, -0.25) is 4.79 Å². The first-order valence-corrected chi connectivity index (χ1v) is 8.75. The Kier molecular flexibility index (Phi) is 4.66. The molecule has 0 atom stereocenters. The van der Waals surface area contributed by atoms with E-state index in [0.29, 0.717) is 5.56 Å². The van der Waals surface area contributed by atoms with Crippen molar-refractivity contribution in [1.29, 1.82) is 0 Å². The number of carbonyl (C=O) groups excluding carboxylic acids is 1. The molecule has 3 N–H and O–H groups in total. The number of primary sulfonamides is 1. The number of amides is 1. The van der Waals surface area contributed by atoms with E-state index in [9.17, 15) is 21.6 Å². The van der Waals surface area contributed by atoms with Gasteiger partial charge in [0.25, 0.3) is 0 Å². The van der Waals surface area contributed by atoms with Crippen LogP contribution in [0.2, 0.25) is 0 Å². The number of rotatable bonds is 5. The summed E-state index contributed by atoms with van der Waals surface area (Å²) in [5, 5.41) is 7.35. The van der Waals surface area contributed by atoms with Gasteiger partial charge in [-0.05, 0) is 17.7 Å². The first kappa shape index (κ1) is 15.6. The Labute approximate surface area is 111 Å². The van der Waals surface area contributed by atoms with Crippen LogP contribution in [0.3, 0.4) is 0 Å². The van der Waals surface area contributed by atoms with Crippen LogP contribution in [0.15, 0.2) is 29.2 Å². The number of carbonyl (C=O) groups is 1. The zero-order valence-electron chi connectivity index (χ0n) is 10.2. The van der Waals surface area contributed by atoms with E-state index in [-0.39, 0.29) is 11.4 Å². The van der Waals surface area contributed by atoms with Crippen molar-refractivity contribution >= 4 is 25.8 Å². The molecule has 1 aromatic carbocycles. The maximum Gasteiger partial charge on any atom is 0.238 e. The standard InChI is InChI=1S/C10H14N2O5S2/c1-18(14,15)7-10(13)12-6-8-2-4-9(5-3-8)19(11,16)17/h2-5H,6-7H2,1H3,(H,12,13)(H2,11,16,17). The molecule has 0 fully saturated rings. The molecule has 0 aliphatic rings. The zero-order valence-corrected chi connectivity index (χ0v) is 11.8. The number of benzene rings is 1. The largest absolute Gasteiger partial charge is 0.351 e. The van der Waals surface area contributed by atoms with Crippen LogP contribution in [0.25, 0.3) is 0 Å². The molecule has 1 amide bonds. The summed E-state index contributed by atoms with van der Waals surface area (Å²) in [7, 11) is -7.10. The molecule has 1 rings (SSSR count). The van der Waals surface area contributed by atoms with E-state index >= 15 is 0 Å². The lowest BCUT2D eigenvalue weighted by atomic mass is 10.2. The quantitative estimate of drug-likeness (QED) is 0.722. The lowest BCUT2D eigenvalue weighted by Gasteiger charge is -2.05. The molecule has 0 radical (unpaired) electrons. The summed E-state index contributed by atoms with van der Waals surface area (Å²) < 4.78 is 43.7. The van der Waals surface area contributed by atoms with Gasteiger partial charge in [0.05, 0.1) is 4.90 Å². The third-order valence-corrected chi connectivity index (χ3v) is 3.85. The Morgan fingerprint density at radius 1 is 1.16 bits per heavy atom. The topological polar surface area (TPSA) is 123 Å². The van der Waals surface area contributed by atoms with Gasteiger partial charge in [-0.25, -0.2) is 22.0 Å². The molecule has 0 saturated heterocycles. The van der Waals surface area contributed by atoms with Gasteiger partial charge in [-0.2, -0.15) is 0 Å². The van der Waals surface area contributed by atoms with Crippen molar-refractivity contribution in [2.45, 2.75) is 11.4 Å². The second kappa shape index (κ2) is 5.68. The number of nitrogens with one attached hydrogen (secondary N) is 1. The first-order valence-electron chi connectivity index (χ1n) is 5.14. The summed E-state index contributed by atoms with van der Waals surface area (Å²) in [4.78, 5) is 11.2. The minimum atomic E-state index is -3.74. The van der Waals surface area contributed by atoms with E-state index < -0.39 is 31.5 Å². The van der Waals surface area contributed by atoms with E-state index in [1.807, 2.05) is 0 Å². The Balaban J connectivity index is 2.63. The van der Waals surface area contributed by atoms with Gasteiger partial charge in [0.1, 0.15) is 5.75 Å². The lowest BCUT2D eigenvalue weighted by Crippen LogP contribution is -2.29. The molecule has 0 heterocycles. The van der Waals surface area contributed by atoms with Crippen molar-refractivity contribution in [3.05, 3.63) is 29.8 Å². The van der Waals surface area contributed by atoms with Gasteiger partial charge in [0.2, 0.25) is 15.9 Å². The smallest absolute Gasteiger partial charge is 0.238 e. The van der Waals surface area contributed by atoms with Crippen LogP contribution >= 0.6 is 0 Å². The average Bonchev–Trinajstić information content (AvgIpc) is 2.23. The highest BCUT2D eigenvalue weighted by molar-refractivity contribution is 7.91. The predicted octanol–water partition coefficient (Wildman–Crippen LogP) is -1.01. The summed E-state index contributed by atoms with van der Waals surface area (Å²) in [5.74, 6) is -1.19. The van der Waals surface area contributed by atoms with Crippen molar-refractivity contribution in [3.63, 3.8) is 0 Å². The lowest BCUT2D eigenvalue weighted by molar-refractivity contribution is -0.118. The van der Waals surface area contributed by atoms with Crippen molar-refractivity contribution in [2.75, 3.05) is 12.0 Å². The maximum absolute atomic E-state index is 11.3. The Bertz CT molecular complexity index is 662. The summed E-state index contributed by atoms with van der Waals surface area (Å²) >= 11 is 0. The van der Waals surface area contributed by atoms with Crippen LogP contribution in [0.4, 0.5) is 0 Å². The van der Waals surface area contributed by atoms with Crippen molar-refractivity contribution < 1.29 is 21.6 Å². The third-order valence-electron chi connectivity index (χ3n) is 2.13. The predicted molar refractivity (Wildman–Crippen MR) is 69.4 cm³/mol. The molecule has 9 heteroatoms. The number of sulfone groups is 1. The second-order valence-corrected chi connectivity index (χ2v) is 7.74. The summed E-state index contributed by atoms with van der Waals surface area (Å²) in [6.45, 7) is 0.110. The molecule has 0 spiro atoms. The van der Waals surface area contributed by atoms with E-state index in [2.05, 4.69) is 5.32 Å². The molecule has 0 aromatic heterocycles. The van der Waals surface area contributed by atoms with Crippen LogP contribution < -0.4 is 10.5 Å². The van der Waals surface area contributed by atoms with Gasteiger partial charge in [-0.1, -0.05) is 12.1 Å². The van der Waals surface area contributed by atoms with Crippen LogP contribution in [-0.4, -0.2) is 34.8 Å². The van der Waals surface area contributed by atoms with E-state index in [1.54, 1.807) is 0 Å². The monoisotopic (exact) mass is 306 g/mol. The van der Waals surface area contributed by atoms with Crippen molar-refractivity contribution in [3.8, 4) is 0 Å². The van der Waals surface area contributed by atoms with Crippen molar-refractivity contribution in [1.82, 2.24) is 5.32 Å². The fraction of sp³-hybridized carbons (Fsp3) is 0.300. The minimum Gasteiger partial charge on any atom is -0.351 e. The molecule has 1 aromatic rings. The number of sulfonamides is 1. The minimum absolute atomic E-state index is 0.0290. The SMILES string of the molecule is CS(=O)(=O)CC(=O)NCc1ccc(S(N)(=O)=O)cc1. The normalized spacial score (nSPS) is 12.1. The Hall–Kier alpha value is -1.45. The number of hydrogen-bond donors (Lipinski definition) is 2. The van der Waals surface area contributed by atoms with Crippen LogP contribution in [-0.2, 0) is 31.2 Å². The highest BCUT2D eigenvalue weighted by Gasteiger charge is 2.11. The van der Waals surface area contributed by atoms with Crippen LogP contribution in [0.1, 0.15) is 5.56 Å². The third kappa shape index (κ3) is 5.81. The molecule has 19 heavy (non-hydrogen) atoms. The molecule has 0 unspecified atom stereocenters. The molecule has 106 valence electrons. The summed E-state index contributed by atoms with van der Waals surface area (Å²) in [5.41, 5.74) is 0.634. The number of hydrogen-bond acceptors (Lipinski definition) is 5. The molecule has 0 aliphatic heterocycles. The molecule has 0 saturated carbocycles. The first-order chi connectivity index (χ1) is 8.58. The van der Waals surface area contributed by atoms with Crippen molar-refractivity contribution in [2.24, 2.45) is 5.14 Å². The summed E-state index contributed by atoms with van der Waals surface area (Å²) in [6, 6.07) is 5.60. The van der Waals surface area contributed by atoms with Gasteiger partial charge in [0, 0.05) is 12.8 Å². The zero-order chi connectivity index (χ0) is 14.7. The highest BCUT2D eigenvalue weighted by atomic mass is 32.2. The van der Waals surface area contributed by atoms with Gasteiger partial charge < -0.3 is 5.32 Å². The number of nitrogens with two attached hydrogens (primary N) is 1. The van der Waals surface area contributed by atoms with E-state index in [1.165, 1.54) is 24.3 Å². The molecular formula is C10H14N2O5S2.